The summed E-state index contributed by atoms with van der Waals surface area (Å²) in [5, 5.41) is 6.01. The van der Waals surface area contributed by atoms with E-state index in [1.807, 2.05) is 24.3 Å². The highest BCUT2D eigenvalue weighted by Gasteiger charge is 2.31. The van der Waals surface area contributed by atoms with Gasteiger partial charge in [0.1, 0.15) is 6.33 Å². The van der Waals surface area contributed by atoms with E-state index in [1.165, 1.54) is 25.5 Å². The second kappa shape index (κ2) is 10.2. The van der Waals surface area contributed by atoms with Crippen molar-refractivity contribution in [2.75, 3.05) is 41.7 Å². The van der Waals surface area contributed by atoms with E-state index in [4.69, 9.17) is 0 Å². The monoisotopic (exact) mass is 457 g/mol. The van der Waals surface area contributed by atoms with Crippen molar-refractivity contribution in [1.82, 2.24) is 19.9 Å². The van der Waals surface area contributed by atoms with Crippen LogP contribution in [0.25, 0.3) is 0 Å². The van der Waals surface area contributed by atoms with Crippen molar-refractivity contribution in [2.45, 2.75) is 38.1 Å². The molecular weight excluding hydrogens is 426 g/mol. The zero-order valence-corrected chi connectivity index (χ0v) is 19.5. The third-order valence-corrected chi connectivity index (χ3v) is 6.75. The van der Waals surface area contributed by atoms with Crippen molar-refractivity contribution >= 4 is 29.2 Å². The minimum absolute atomic E-state index is 0.104. The molecule has 2 N–H and O–H groups in total. The minimum atomic E-state index is -0.104. The summed E-state index contributed by atoms with van der Waals surface area (Å²) >= 11 is 0. The highest BCUT2D eigenvalue weighted by molar-refractivity contribution is 5.89. The fourth-order valence-corrected chi connectivity index (χ4v) is 5.05. The predicted molar refractivity (Wildman–Crippen MR) is 134 cm³/mol. The van der Waals surface area contributed by atoms with Gasteiger partial charge in [-0.25, -0.2) is 9.97 Å². The molecule has 0 aliphatic carbocycles. The standard InChI is InChI=1S/C26H31N7O/c1-19(34)29-22-8-5-9-23(16-22)30-25-27-18-28-26(31-25)32-14-11-24(12-15-32)33-13-10-21(17-33)20-6-3-2-4-7-20/h2-9,16,18,21,24H,10-15,17H2,1H3,(H,29,34)(H,27,28,30,31)/t21-/m0/s1. The quantitative estimate of drug-likeness (QED) is 0.578. The number of hydrogen-bond acceptors (Lipinski definition) is 7. The van der Waals surface area contributed by atoms with Gasteiger partial charge in [-0.05, 0) is 55.5 Å². The molecular formula is C26H31N7O. The molecule has 3 aromatic rings. The molecule has 0 radical (unpaired) electrons. The molecule has 1 amide bonds. The molecule has 2 aliphatic rings. The zero-order valence-electron chi connectivity index (χ0n) is 19.5. The molecule has 8 heteroatoms. The Morgan fingerprint density at radius 2 is 1.74 bits per heavy atom. The third kappa shape index (κ3) is 5.34. The second-order valence-electron chi connectivity index (χ2n) is 9.11. The van der Waals surface area contributed by atoms with Gasteiger partial charge < -0.3 is 15.5 Å². The molecule has 2 aliphatic heterocycles. The van der Waals surface area contributed by atoms with Crippen molar-refractivity contribution in [3.05, 3.63) is 66.5 Å². The predicted octanol–water partition coefficient (Wildman–Crippen LogP) is 4.03. The molecule has 3 heterocycles. The average Bonchev–Trinajstić information content (AvgIpc) is 3.35. The zero-order chi connectivity index (χ0) is 23.3. The number of rotatable bonds is 6. The normalized spacial score (nSPS) is 19.2. The first-order chi connectivity index (χ1) is 16.6. The van der Waals surface area contributed by atoms with E-state index < -0.39 is 0 Å². The van der Waals surface area contributed by atoms with Crippen molar-refractivity contribution in [3.8, 4) is 0 Å². The number of benzene rings is 2. The summed E-state index contributed by atoms with van der Waals surface area (Å²) in [6.07, 6.45) is 5.04. The Morgan fingerprint density at radius 1 is 0.941 bits per heavy atom. The van der Waals surface area contributed by atoms with Crippen molar-refractivity contribution in [1.29, 1.82) is 0 Å². The van der Waals surface area contributed by atoms with Gasteiger partial charge in [0.25, 0.3) is 0 Å². The van der Waals surface area contributed by atoms with Crippen LogP contribution in [-0.2, 0) is 4.79 Å². The highest BCUT2D eigenvalue weighted by Crippen LogP contribution is 2.31. The molecule has 2 saturated heterocycles. The maximum atomic E-state index is 11.3. The second-order valence-corrected chi connectivity index (χ2v) is 9.11. The molecule has 34 heavy (non-hydrogen) atoms. The van der Waals surface area contributed by atoms with Gasteiger partial charge in [0.15, 0.2) is 0 Å². The molecule has 176 valence electrons. The Balaban J connectivity index is 1.17. The number of likely N-dealkylation sites (tertiary alicyclic amines) is 1. The van der Waals surface area contributed by atoms with Crippen molar-refractivity contribution in [2.24, 2.45) is 0 Å². The van der Waals surface area contributed by atoms with E-state index in [2.05, 4.69) is 65.7 Å². The van der Waals surface area contributed by atoms with Crippen LogP contribution in [0.15, 0.2) is 60.9 Å². The fraction of sp³-hybridized carbons (Fsp3) is 0.385. The molecule has 0 bridgehead atoms. The summed E-state index contributed by atoms with van der Waals surface area (Å²) in [4.78, 5) is 29.6. The maximum absolute atomic E-state index is 11.3. The number of piperidine rings is 1. The number of nitrogens with zero attached hydrogens (tertiary/aromatic N) is 5. The highest BCUT2D eigenvalue weighted by atomic mass is 16.1. The van der Waals surface area contributed by atoms with Gasteiger partial charge in [-0.3, -0.25) is 9.69 Å². The first kappa shape index (κ1) is 22.3. The topological polar surface area (TPSA) is 86.3 Å². The van der Waals surface area contributed by atoms with E-state index in [1.54, 1.807) is 6.33 Å². The summed E-state index contributed by atoms with van der Waals surface area (Å²) < 4.78 is 0. The smallest absolute Gasteiger partial charge is 0.231 e. The van der Waals surface area contributed by atoms with Gasteiger partial charge in [0.05, 0.1) is 0 Å². The third-order valence-electron chi connectivity index (χ3n) is 6.75. The van der Waals surface area contributed by atoms with Crippen LogP contribution >= 0.6 is 0 Å². The number of anilines is 4. The van der Waals surface area contributed by atoms with Gasteiger partial charge in [-0.2, -0.15) is 4.98 Å². The lowest BCUT2D eigenvalue weighted by atomic mass is 9.98. The number of carbonyl (C=O) groups excluding carboxylic acids is 1. The Kier molecular flexibility index (Phi) is 6.67. The Hall–Kier alpha value is -3.52. The number of amides is 1. The van der Waals surface area contributed by atoms with E-state index in [0.717, 1.165) is 43.9 Å². The van der Waals surface area contributed by atoms with Gasteiger partial charge in [-0.1, -0.05) is 36.4 Å². The molecule has 1 aromatic heterocycles. The van der Waals surface area contributed by atoms with Crippen LogP contribution in [0.4, 0.5) is 23.3 Å². The minimum Gasteiger partial charge on any atom is -0.341 e. The van der Waals surface area contributed by atoms with Crippen LogP contribution in [0.1, 0.15) is 37.7 Å². The lowest BCUT2D eigenvalue weighted by molar-refractivity contribution is -0.114. The summed E-state index contributed by atoms with van der Waals surface area (Å²) in [7, 11) is 0. The van der Waals surface area contributed by atoms with Crippen LogP contribution in [0.3, 0.4) is 0 Å². The lowest BCUT2D eigenvalue weighted by Gasteiger charge is -2.36. The largest absolute Gasteiger partial charge is 0.341 e. The molecule has 8 nitrogen and oxygen atoms in total. The van der Waals surface area contributed by atoms with Crippen LogP contribution in [-0.4, -0.2) is 58.0 Å². The summed E-state index contributed by atoms with van der Waals surface area (Å²) in [5.41, 5.74) is 3.00. The first-order valence-corrected chi connectivity index (χ1v) is 12.0. The summed E-state index contributed by atoms with van der Waals surface area (Å²) in [6.45, 7) is 5.72. The average molecular weight is 458 g/mol. The van der Waals surface area contributed by atoms with Gasteiger partial charge in [0, 0.05) is 44.0 Å². The van der Waals surface area contributed by atoms with E-state index in [-0.39, 0.29) is 5.91 Å². The summed E-state index contributed by atoms with van der Waals surface area (Å²) in [6, 6.07) is 19.0. The first-order valence-electron chi connectivity index (χ1n) is 12.0. The molecule has 2 fully saturated rings. The van der Waals surface area contributed by atoms with E-state index in [0.29, 0.717) is 23.9 Å². The molecule has 2 aromatic carbocycles. The van der Waals surface area contributed by atoms with Crippen molar-refractivity contribution < 1.29 is 4.79 Å². The molecule has 0 unspecified atom stereocenters. The molecule has 0 spiro atoms. The van der Waals surface area contributed by atoms with E-state index in [9.17, 15) is 4.79 Å². The number of nitrogens with one attached hydrogen (secondary N) is 2. The molecule has 0 saturated carbocycles. The lowest BCUT2D eigenvalue weighted by Crippen LogP contribution is -2.44. The van der Waals surface area contributed by atoms with Crippen LogP contribution in [0.2, 0.25) is 0 Å². The fourth-order valence-electron chi connectivity index (χ4n) is 5.05. The van der Waals surface area contributed by atoms with Crippen LogP contribution in [0.5, 0.6) is 0 Å². The Labute approximate surface area is 200 Å². The van der Waals surface area contributed by atoms with Gasteiger partial charge in [-0.15, -0.1) is 0 Å². The van der Waals surface area contributed by atoms with Crippen LogP contribution < -0.4 is 15.5 Å². The maximum Gasteiger partial charge on any atom is 0.231 e. The molecule has 5 rings (SSSR count). The van der Waals surface area contributed by atoms with Crippen LogP contribution in [0, 0.1) is 0 Å². The van der Waals surface area contributed by atoms with Gasteiger partial charge in [0.2, 0.25) is 17.8 Å². The van der Waals surface area contributed by atoms with Crippen molar-refractivity contribution in [3.63, 3.8) is 0 Å². The number of hydrogen-bond donors (Lipinski definition) is 2. The summed E-state index contributed by atoms with van der Waals surface area (Å²) in [5.74, 6) is 1.75. The number of carbonyl (C=O) groups is 1. The van der Waals surface area contributed by atoms with Gasteiger partial charge >= 0.3 is 0 Å². The SMILES string of the molecule is CC(=O)Nc1cccc(Nc2ncnc(N3CCC(N4CC[C@H](c5ccccc5)C4)CC3)n2)c1. The number of aromatic nitrogens is 3. The Bertz CT molecular complexity index is 1110. The van der Waals surface area contributed by atoms with E-state index >= 15 is 0 Å². The molecule has 1 atom stereocenters. The Morgan fingerprint density at radius 3 is 2.53 bits per heavy atom.